The van der Waals surface area contributed by atoms with Gasteiger partial charge in [-0.1, -0.05) is 44.0 Å². The maximum Gasteiger partial charge on any atom is 0.430 e. The predicted molar refractivity (Wildman–Crippen MR) is 141 cm³/mol. The third kappa shape index (κ3) is 6.80. The number of aliphatic imine (C=N–C) groups is 1. The van der Waals surface area contributed by atoms with Gasteiger partial charge in [0.2, 0.25) is 5.91 Å². The number of carbonyl (C=O) groups is 3. The number of carboxylic acids is 1. The number of carbonyl (C=O) groups excluding carboxylic acids is 2. The first-order chi connectivity index (χ1) is 17.9. The zero-order chi connectivity index (χ0) is 29.4. The number of nitrogens with zero attached hydrogens (tertiary/aromatic N) is 3. The number of aromatic nitrogens is 1. The Morgan fingerprint density at radius 3 is 2.03 bits per heavy atom. The minimum Gasteiger partial charge on any atom is -0.481 e. The molecule has 1 amide bonds. The zero-order valence-corrected chi connectivity index (χ0v) is 23.4. The first-order valence-electron chi connectivity index (χ1n) is 12.5. The van der Waals surface area contributed by atoms with Gasteiger partial charge in [0.15, 0.2) is 5.78 Å². The Balaban J connectivity index is 1.98. The Morgan fingerprint density at radius 2 is 1.62 bits per heavy atom. The van der Waals surface area contributed by atoms with Crippen LogP contribution in [0.3, 0.4) is 0 Å². The molecule has 3 fully saturated rings. The first kappa shape index (κ1) is 31.0. The van der Waals surface area contributed by atoms with Gasteiger partial charge in [-0.25, -0.2) is 0 Å². The van der Waals surface area contributed by atoms with Crippen LogP contribution in [0.25, 0.3) is 0 Å². The van der Waals surface area contributed by atoms with E-state index in [2.05, 4.69) is 9.98 Å². The average molecular weight is 591 g/mol. The lowest BCUT2D eigenvalue weighted by atomic mass is 9.57. The number of alkyl halides is 3. The molecule has 2 N–H and O–H groups in total. The van der Waals surface area contributed by atoms with Crippen LogP contribution in [0, 0.1) is 22.2 Å². The van der Waals surface area contributed by atoms with Crippen molar-refractivity contribution in [1.82, 2.24) is 9.88 Å². The number of hydrogen-bond donors (Lipinski definition) is 2. The maximum atomic E-state index is 14.4. The minimum atomic E-state index is -5.04. The van der Waals surface area contributed by atoms with E-state index >= 15 is 0 Å². The topological polar surface area (TPSA) is 124 Å². The number of fused-ring (bicyclic) bond motifs is 3. The number of aliphatic carboxylic acids is 1. The number of amides is 1. The lowest BCUT2D eigenvalue weighted by molar-refractivity contribution is -0.156. The first-order valence-corrected chi connectivity index (χ1v) is 13.2. The molecule has 0 radical (unpaired) electrons. The molecule has 0 spiro atoms. The summed E-state index contributed by atoms with van der Waals surface area (Å²) in [6, 6.07) is 0. The van der Waals surface area contributed by atoms with Gasteiger partial charge >= 0.3 is 12.1 Å². The zero-order valence-electron chi connectivity index (χ0n) is 21.9. The van der Waals surface area contributed by atoms with Crippen molar-refractivity contribution in [3.63, 3.8) is 0 Å². The maximum absolute atomic E-state index is 14.4. The molecule has 3 aliphatic carbocycles. The highest BCUT2D eigenvalue weighted by molar-refractivity contribution is 6.39. The lowest BCUT2D eigenvalue weighted by Gasteiger charge is -2.49. The smallest absolute Gasteiger partial charge is 0.430 e. The molecule has 0 aromatic carbocycles. The summed E-state index contributed by atoms with van der Waals surface area (Å²) in [6.07, 6.45) is -1.26. The van der Waals surface area contributed by atoms with Crippen LogP contribution < -0.4 is 0 Å². The van der Waals surface area contributed by atoms with Gasteiger partial charge in [-0.2, -0.15) is 13.2 Å². The highest BCUT2D eigenvalue weighted by Crippen LogP contribution is 2.54. The number of rotatable bonds is 9. The second kappa shape index (κ2) is 11.2. The van der Waals surface area contributed by atoms with Crippen LogP contribution in [0.5, 0.6) is 0 Å². The molecule has 3 aliphatic rings. The van der Waals surface area contributed by atoms with Gasteiger partial charge in [0.05, 0.1) is 33.1 Å². The number of halogens is 5. The van der Waals surface area contributed by atoms with E-state index in [1.807, 2.05) is 0 Å². The number of nitrogens with one attached hydrogen (secondary N) is 1. The quantitative estimate of drug-likeness (QED) is 0.274. The largest absolute Gasteiger partial charge is 0.481 e. The standard InChI is InChI=1S/C26H31Cl2F3N4O4/c1-23(2,3)14-35(13-18(36)19-16(27)11-33-12-17(19)28)21(37)15(10-32)20(26(29,30)31)34-25-7-4-24(5-8-25,6-9-25)22(38)39/h10-12,15,32H,4-9,13-14H2,1-3H3,(H,38,39). The molecule has 2 bridgehead atoms. The van der Waals surface area contributed by atoms with E-state index < -0.39 is 58.4 Å². The molecule has 214 valence electrons. The third-order valence-electron chi connectivity index (χ3n) is 7.48. The molecular weight excluding hydrogens is 560 g/mol. The van der Waals surface area contributed by atoms with E-state index in [1.54, 1.807) is 20.8 Å². The molecule has 1 aromatic rings. The van der Waals surface area contributed by atoms with Crippen molar-refractivity contribution >= 4 is 52.8 Å². The summed E-state index contributed by atoms with van der Waals surface area (Å²) in [6.45, 7) is 4.53. The third-order valence-corrected chi connectivity index (χ3v) is 8.05. The number of hydrogen-bond acceptors (Lipinski definition) is 6. The van der Waals surface area contributed by atoms with Crippen LogP contribution in [0.2, 0.25) is 10.0 Å². The van der Waals surface area contributed by atoms with Crippen LogP contribution in [0.15, 0.2) is 17.4 Å². The van der Waals surface area contributed by atoms with Crippen LogP contribution in [0.4, 0.5) is 13.2 Å². The summed E-state index contributed by atoms with van der Waals surface area (Å²) >= 11 is 12.2. The Hall–Kier alpha value is -2.53. The fraction of sp³-hybridized carbons (Fsp3) is 0.615. The molecule has 0 saturated heterocycles. The van der Waals surface area contributed by atoms with Crippen LogP contribution in [-0.4, -0.2) is 69.4 Å². The summed E-state index contributed by atoms with van der Waals surface area (Å²) in [5.74, 6) is -4.85. The van der Waals surface area contributed by atoms with Gasteiger partial charge in [-0.05, 0) is 43.9 Å². The van der Waals surface area contributed by atoms with Crippen molar-refractivity contribution in [2.75, 3.05) is 13.1 Å². The monoisotopic (exact) mass is 590 g/mol. The van der Waals surface area contributed by atoms with E-state index in [-0.39, 0.29) is 60.7 Å². The summed E-state index contributed by atoms with van der Waals surface area (Å²) in [5.41, 5.74) is -4.26. The summed E-state index contributed by atoms with van der Waals surface area (Å²) in [4.78, 5) is 47.3. The molecule has 1 unspecified atom stereocenters. The predicted octanol–water partition coefficient (Wildman–Crippen LogP) is 5.89. The molecule has 1 atom stereocenters. The van der Waals surface area contributed by atoms with Gasteiger partial charge in [-0.15, -0.1) is 0 Å². The Morgan fingerprint density at radius 1 is 1.10 bits per heavy atom. The Bertz CT molecular complexity index is 1150. The Kier molecular flexibility index (Phi) is 8.87. The van der Waals surface area contributed by atoms with Crippen LogP contribution in [0.1, 0.15) is 69.7 Å². The summed E-state index contributed by atoms with van der Waals surface area (Å²) in [5, 5.41) is 17.3. The van der Waals surface area contributed by atoms with Crippen molar-refractivity contribution < 1.29 is 32.7 Å². The van der Waals surface area contributed by atoms with E-state index in [4.69, 9.17) is 28.6 Å². The highest BCUT2D eigenvalue weighted by atomic mass is 35.5. The molecule has 1 heterocycles. The van der Waals surface area contributed by atoms with Crippen molar-refractivity contribution in [2.45, 2.75) is 71.0 Å². The number of pyridine rings is 1. The molecule has 4 rings (SSSR count). The summed E-state index contributed by atoms with van der Waals surface area (Å²) < 4.78 is 43.3. The highest BCUT2D eigenvalue weighted by Gasteiger charge is 2.55. The Labute approximate surface area is 234 Å². The van der Waals surface area contributed by atoms with Gasteiger partial charge in [0.1, 0.15) is 11.6 Å². The van der Waals surface area contributed by atoms with Crippen molar-refractivity contribution in [1.29, 1.82) is 5.41 Å². The summed E-state index contributed by atoms with van der Waals surface area (Å²) in [7, 11) is 0. The van der Waals surface area contributed by atoms with E-state index in [1.165, 1.54) is 12.4 Å². The van der Waals surface area contributed by atoms with Crippen LogP contribution >= 0.6 is 23.2 Å². The van der Waals surface area contributed by atoms with Crippen LogP contribution in [-0.2, 0) is 9.59 Å². The number of ketones is 1. The normalized spacial score (nSPS) is 24.3. The fourth-order valence-electron chi connectivity index (χ4n) is 5.40. The van der Waals surface area contributed by atoms with Crippen molar-refractivity contribution in [3.8, 4) is 0 Å². The molecule has 0 aliphatic heterocycles. The van der Waals surface area contributed by atoms with E-state index in [0.717, 1.165) is 4.90 Å². The average Bonchev–Trinajstić information content (AvgIpc) is 2.83. The van der Waals surface area contributed by atoms with E-state index in [0.29, 0.717) is 6.21 Å². The molecule has 39 heavy (non-hydrogen) atoms. The van der Waals surface area contributed by atoms with Gasteiger partial charge in [-0.3, -0.25) is 24.4 Å². The molecule has 1 aromatic heterocycles. The molecular formula is C26H31Cl2F3N4O4. The van der Waals surface area contributed by atoms with Crippen molar-refractivity contribution in [3.05, 3.63) is 28.0 Å². The molecule has 13 heteroatoms. The second-order valence-corrected chi connectivity index (χ2v) is 12.4. The van der Waals surface area contributed by atoms with Gasteiger partial charge in [0.25, 0.3) is 0 Å². The minimum absolute atomic E-state index is 0.0667. The van der Waals surface area contributed by atoms with Gasteiger partial charge in [0, 0.05) is 25.2 Å². The number of carboxylic acid groups (broad SMARTS) is 1. The molecule has 3 saturated carbocycles. The van der Waals surface area contributed by atoms with E-state index in [9.17, 15) is 32.7 Å². The fourth-order valence-corrected chi connectivity index (χ4v) is 5.97. The SMILES string of the molecule is CC(C)(C)CN(CC(=O)c1c(Cl)cncc1Cl)C(=O)C(C=N)C(=NC12CCC(C(=O)O)(CC1)CC2)C(F)(F)F. The molecule has 8 nitrogen and oxygen atoms in total. The van der Waals surface area contributed by atoms with Gasteiger partial charge < -0.3 is 15.4 Å². The van der Waals surface area contributed by atoms with Crippen molar-refractivity contribution in [2.24, 2.45) is 21.7 Å². The lowest BCUT2D eigenvalue weighted by Crippen LogP contribution is -2.52. The number of Topliss-reactive ketones (excluding diaryl/α,β-unsaturated/α-hetero) is 1. The second-order valence-electron chi connectivity index (χ2n) is 11.6.